The lowest BCUT2D eigenvalue weighted by Gasteiger charge is -2.24. The van der Waals surface area contributed by atoms with Crippen LogP contribution in [0.15, 0.2) is 54.6 Å². The van der Waals surface area contributed by atoms with Gasteiger partial charge in [0.1, 0.15) is 6.04 Å². The van der Waals surface area contributed by atoms with Gasteiger partial charge in [0.05, 0.1) is 0 Å². The molecular weight excluding hydrogens is 338 g/mol. The summed E-state index contributed by atoms with van der Waals surface area (Å²) in [5.41, 5.74) is 1.34. The summed E-state index contributed by atoms with van der Waals surface area (Å²) < 4.78 is 0. The number of urea groups is 1. The van der Waals surface area contributed by atoms with Crippen molar-refractivity contribution in [2.45, 2.75) is 18.9 Å². The van der Waals surface area contributed by atoms with E-state index in [9.17, 15) is 9.59 Å². The number of halogens is 1. The smallest absolute Gasteiger partial charge is 0.320 e. The molecule has 0 spiro atoms. The number of likely N-dealkylation sites (tertiary alicyclic amines) is 1. The molecule has 6 heteroatoms. The minimum Gasteiger partial charge on any atom is -0.341 e. The molecule has 1 fully saturated rings. The van der Waals surface area contributed by atoms with Gasteiger partial charge in [-0.15, -0.1) is 0 Å². The first kappa shape index (κ1) is 17.3. The summed E-state index contributed by atoms with van der Waals surface area (Å²) in [7, 11) is 0. The van der Waals surface area contributed by atoms with E-state index in [2.05, 4.69) is 10.6 Å². The van der Waals surface area contributed by atoms with E-state index in [1.165, 1.54) is 0 Å². The normalized spacial score (nSPS) is 14.8. The number of benzene rings is 2. The molecule has 1 atom stereocenters. The summed E-state index contributed by atoms with van der Waals surface area (Å²) in [4.78, 5) is 27.0. The standard InChI is InChI=1S/C19H20ClN3O2/c20-15-9-6-10-16(13-15)21-19(25)22-17(14-7-2-1-3-8-14)18(24)23-11-4-5-12-23/h1-3,6-10,13,17H,4-5,11-12H2,(H2,21,22,25)/t17-/m0/s1. The van der Waals surface area contributed by atoms with Crippen LogP contribution < -0.4 is 10.6 Å². The fourth-order valence-corrected chi connectivity index (χ4v) is 3.11. The molecule has 2 aromatic rings. The highest BCUT2D eigenvalue weighted by molar-refractivity contribution is 6.30. The zero-order valence-corrected chi connectivity index (χ0v) is 14.5. The van der Waals surface area contributed by atoms with Crippen molar-refractivity contribution in [3.05, 3.63) is 65.2 Å². The molecule has 3 amide bonds. The average Bonchev–Trinajstić information content (AvgIpc) is 3.14. The third-order valence-corrected chi connectivity index (χ3v) is 4.39. The summed E-state index contributed by atoms with van der Waals surface area (Å²) >= 11 is 5.93. The molecule has 130 valence electrons. The van der Waals surface area contributed by atoms with Crippen LogP contribution in [0.2, 0.25) is 5.02 Å². The Kier molecular flexibility index (Phi) is 5.56. The topological polar surface area (TPSA) is 61.4 Å². The molecule has 1 aliphatic rings. The molecule has 0 bridgehead atoms. The van der Waals surface area contributed by atoms with Crippen LogP contribution in [0.25, 0.3) is 0 Å². The molecule has 0 saturated carbocycles. The number of anilines is 1. The Morgan fingerprint density at radius 3 is 2.40 bits per heavy atom. The second-order valence-electron chi connectivity index (χ2n) is 5.98. The predicted molar refractivity (Wildman–Crippen MR) is 98.6 cm³/mol. The molecule has 1 aliphatic heterocycles. The highest BCUT2D eigenvalue weighted by Crippen LogP contribution is 2.20. The van der Waals surface area contributed by atoms with Crippen LogP contribution in [0.1, 0.15) is 24.4 Å². The number of rotatable bonds is 4. The molecule has 1 heterocycles. The highest BCUT2D eigenvalue weighted by atomic mass is 35.5. The Morgan fingerprint density at radius 2 is 1.72 bits per heavy atom. The van der Waals surface area contributed by atoms with E-state index in [0.717, 1.165) is 31.5 Å². The van der Waals surface area contributed by atoms with E-state index in [1.54, 1.807) is 29.2 Å². The molecule has 0 aromatic heterocycles. The van der Waals surface area contributed by atoms with Crippen LogP contribution in [0.5, 0.6) is 0 Å². The number of hydrogen-bond donors (Lipinski definition) is 2. The zero-order valence-electron chi connectivity index (χ0n) is 13.7. The van der Waals surface area contributed by atoms with E-state index >= 15 is 0 Å². The van der Waals surface area contributed by atoms with Gasteiger partial charge < -0.3 is 15.5 Å². The number of carbonyl (C=O) groups excluding carboxylic acids is 2. The van der Waals surface area contributed by atoms with Crippen molar-refractivity contribution in [1.82, 2.24) is 10.2 Å². The number of nitrogens with one attached hydrogen (secondary N) is 2. The quantitative estimate of drug-likeness (QED) is 0.873. The molecule has 0 aliphatic carbocycles. The van der Waals surface area contributed by atoms with Crippen molar-refractivity contribution in [1.29, 1.82) is 0 Å². The number of carbonyl (C=O) groups is 2. The molecule has 1 saturated heterocycles. The van der Waals surface area contributed by atoms with Gasteiger partial charge in [-0.1, -0.05) is 48.0 Å². The summed E-state index contributed by atoms with van der Waals surface area (Å²) in [6.45, 7) is 1.47. The molecule has 5 nitrogen and oxygen atoms in total. The maximum atomic E-state index is 12.9. The highest BCUT2D eigenvalue weighted by Gasteiger charge is 2.29. The van der Waals surface area contributed by atoms with Crippen molar-refractivity contribution in [3.8, 4) is 0 Å². The Bertz CT molecular complexity index is 745. The maximum Gasteiger partial charge on any atom is 0.320 e. The van der Waals surface area contributed by atoms with E-state index < -0.39 is 12.1 Å². The Morgan fingerprint density at radius 1 is 1.00 bits per heavy atom. The van der Waals surface area contributed by atoms with Crippen LogP contribution in [0.3, 0.4) is 0 Å². The van der Waals surface area contributed by atoms with Crippen LogP contribution in [0, 0.1) is 0 Å². The first-order chi connectivity index (χ1) is 12.1. The van der Waals surface area contributed by atoms with Crippen molar-refractivity contribution in [2.24, 2.45) is 0 Å². The second-order valence-corrected chi connectivity index (χ2v) is 6.42. The minimum atomic E-state index is -0.710. The number of nitrogens with zero attached hydrogens (tertiary/aromatic N) is 1. The Hall–Kier alpha value is -2.53. The van der Waals surface area contributed by atoms with Gasteiger partial charge in [0.15, 0.2) is 0 Å². The number of amides is 3. The van der Waals surface area contributed by atoms with Gasteiger partial charge in [-0.3, -0.25) is 4.79 Å². The van der Waals surface area contributed by atoms with E-state index in [1.807, 2.05) is 30.3 Å². The Labute approximate surface area is 152 Å². The second kappa shape index (κ2) is 8.03. The summed E-state index contributed by atoms with van der Waals surface area (Å²) in [5.74, 6) is -0.0788. The van der Waals surface area contributed by atoms with Gasteiger partial charge in [-0.2, -0.15) is 0 Å². The van der Waals surface area contributed by atoms with Gasteiger partial charge in [0.2, 0.25) is 5.91 Å². The third-order valence-electron chi connectivity index (χ3n) is 4.16. The van der Waals surface area contributed by atoms with Crippen LogP contribution in [-0.4, -0.2) is 29.9 Å². The van der Waals surface area contributed by atoms with Crippen LogP contribution >= 0.6 is 11.6 Å². The van der Waals surface area contributed by atoms with Crippen molar-refractivity contribution >= 4 is 29.2 Å². The number of hydrogen-bond acceptors (Lipinski definition) is 2. The molecule has 2 N–H and O–H groups in total. The van der Waals surface area contributed by atoms with Gasteiger partial charge in [-0.25, -0.2) is 4.79 Å². The fraction of sp³-hybridized carbons (Fsp3) is 0.263. The van der Waals surface area contributed by atoms with Crippen LogP contribution in [0.4, 0.5) is 10.5 Å². The van der Waals surface area contributed by atoms with Crippen molar-refractivity contribution in [3.63, 3.8) is 0 Å². The zero-order chi connectivity index (χ0) is 17.6. The lowest BCUT2D eigenvalue weighted by molar-refractivity contribution is -0.132. The summed E-state index contributed by atoms with van der Waals surface area (Å²) in [6, 6.07) is 15.0. The predicted octanol–water partition coefficient (Wildman–Crippen LogP) is 3.83. The SMILES string of the molecule is O=C(Nc1cccc(Cl)c1)N[C@H](C(=O)N1CCCC1)c1ccccc1. The summed E-state index contributed by atoms with van der Waals surface area (Å²) in [5, 5.41) is 6.05. The summed E-state index contributed by atoms with van der Waals surface area (Å²) in [6.07, 6.45) is 2.00. The molecule has 2 aromatic carbocycles. The minimum absolute atomic E-state index is 0.0788. The monoisotopic (exact) mass is 357 g/mol. The van der Waals surface area contributed by atoms with Crippen molar-refractivity contribution in [2.75, 3.05) is 18.4 Å². The molecule has 0 unspecified atom stereocenters. The van der Waals surface area contributed by atoms with E-state index in [0.29, 0.717) is 10.7 Å². The van der Waals surface area contributed by atoms with Gasteiger partial charge >= 0.3 is 6.03 Å². The third kappa shape index (κ3) is 4.51. The van der Waals surface area contributed by atoms with Gasteiger partial charge in [-0.05, 0) is 36.6 Å². The molecule has 25 heavy (non-hydrogen) atoms. The maximum absolute atomic E-state index is 12.9. The Balaban J connectivity index is 1.75. The lowest BCUT2D eigenvalue weighted by Crippen LogP contribution is -2.43. The first-order valence-electron chi connectivity index (χ1n) is 8.30. The molecule has 0 radical (unpaired) electrons. The lowest BCUT2D eigenvalue weighted by atomic mass is 10.1. The van der Waals surface area contributed by atoms with Crippen molar-refractivity contribution < 1.29 is 9.59 Å². The fourth-order valence-electron chi connectivity index (χ4n) is 2.92. The van der Waals surface area contributed by atoms with E-state index in [4.69, 9.17) is 11.6 Å². The molecule has 3 rings (SSSR count). The van der Waals surface area contributed by atoms with E-state index in [-0.39, 0.29) is 5.91 Å². The van der Waals surface area contributed by atoms with Gasteiger partial charge in [0, 0.05) is 23.8 Å². The van der Waals surface area contributed by atoms with Crippen LogP contribution in [-0.2, 0) is 4.79 Å². The van der Waals surface area contributed by atoms with Gasteiger partial charge in [0.25, 0.3) is 0 Å². The molecular formula is C19H20ClN3O2. The average molecular weight is 358 g/mol. The largest absolute Gasteiger partial charge is 0.341 e. The first-order valence-corrected chi connectivity index (χ1v) is 8.68.